The number of carbonyl (C=O) groups excluding carboxylic acids is 1. The lowest BCUT2D eigenvalue weighted by Crippen LogP contribution is -2.28. The van der Waals surface area contributed by atoms with E-state index >= 15 is 0 Å². The molecule has 0 aromatic heterocycles. The van der Waals surface area contributed by atoms with Crippen molar-refractivity contribution in [3.63, 3.8) is 0 Å². The average molecular weight is 489 g/mol. The van der Waals surface area contributed by atoms with Crippen molar-refractivity contribution >= 4 is 17.6 Å². The molecule has 1 fully saturated rings. The summed E-state index contributed by atoms with van der Waals surface area (Å²) in [7, 11) is 0. The molecule has 0 saturated heterocycles. The summed E-state index contributed by atoms with van der Waals surface area (Å²) >= 11 is 6.45. The number of alkyl halides is 1. The molecule has 3 nitrogen and oxygen atoms in total. The molecule has 1 saturated carbocycles. The summed E-state index contributed by atoms with van der Waals surface area (Å²) in [4.78, 5) is 11.9. The number of hydrogen-bond acceptors (Lipinski definition) is 3. The number of carbonyl (C=O) groups is 1. The van der Waals surface area contributed by atoms with Crippen LogP contribution in [0.4, 0.5) is 4.39 Å². The molecule has 186 valence electrons. The molecular formula is C29H38ClFO3. The standard InChI is InChI=1S/C29H38ClFO3/c1-3-5-7-19-33-28-18-15-24(20-26(28)30)23-11-9-21(10-12-23)22-13-16-25(17-14-22)34-29(32)27(31)8-6-4-2/h9-12,15,18,20,22,25,27H,3-8,13-14,16-17,19H2,1-2H3/t22-,25-,27-/m0/s1. The first kappa shape index (κ1) is 26.5. The predicted molar refractivity (Wildman–Crippen MR) is 137 cm³/mol. The first-order valence-electron chi connectivity index (χ1n) is 12.9. The van der Waals surface area contributed by atoms with Crippen LogP contribution in [0.15, 0.2) is 42.5 Å². The summed E-state index contributed by atoms with van der Waals surface area (Å²) in [6, 6.07) is 14.6. The quantitative estimate of drug-likeness (QED) is 0.221. The zero-order chi connectivity index (χ0) is 24.3. The molecule has 0 amide bonds. The second-order valence-corrected chi connectivity index (χ2v) is 9.75. The highest BCUT2D eigenvalue weighted by atomic mass is 35.5. The van der Waals surface area contributed by atoms with Gasteiger partial charge in [-0.15, -0.1) is 0 Å². The first-order valence-corrected chi connectivity index (χ1v) is 13.3. The first-order chi connectivity index (χ1) is 16.5. The lowest BCUT2D eigenvalue weighted by molar-refractivity contribution is -0.157. The summed E-state index contributed by atoms with van der Waals surface area (Å²) in [5.74, 6) is 0.491. The van der Waals surface area contributed by atoms with Crippen molar-refractivity contribution in [3.8, 4) is 16.9 Å². The third kappa shape index (κ3) is 7.73. The van der Waals surface area contributed by atoms with Crippen LogP contribution in [0.5, 0.6) is 5.75 Å². The molecule has 1 atom stereocenters. The van der Waals surface area contributed by atoms with Gasteiger partial charge in [0.25, 0.3) is 0 Å². The van der Waals surface area contributed by atoms with Gasteiger partial charge in [-0.25, -0.2) is 9.18 Å². The molecule has 0 N–H and O–H groups in total. The molecule has 2 aromatic carbocycles. The van der Waals surface area contributed by atoms with Crippen LogP contribution in [0, 0.1) is 0 Å². The maximum Gasteiger partial charge on any atom is 0.340 e. The fourth-order valence-corrected chi connectivity index (χ4v) is 4.77. The minimum atomic E-state index is -1.49. The highest BCUT2D eigenvalue weighted by Gasteiger charge is 2.27. The normalized spacial score (nSPS) is 18.9. The van der Waals surface area contributed by atoms with E-state index in [1.54, 1.807) is 0 Å². The third-order valence-corrected chi connectivity index (χ3v) is 6.97. The largest absolute Gasteiger partial charge is 0.492 e. The molecule has 5 heteroatoms. The average Bonchev–Trinajstić information content (AvgIpc) is 2.86. The second-order valence-electron chi connectivity index (χ2n) is 9.34. The van der Waals surface area contributed by atoms with Gasteiger partial charge in [0.2, 0.25) is 0 Å². The molecule has 0 spiro atoms. The van der Waals surface area contributed by atoms with Gasteiger partial charge in [-0.3, -0.25) is 0 Å². The van der Waals surface area contributed by atoms with E-state index in [2.05, 4.69) is 31.2 Å². The summed E-state index contributed by atoms with van der Waals surface area (Å²) < 4.78 is 25.1. The lowest BCUT2D eigenvalue weighted by Gasteiger charge is -2.29. The van der Waals surface area contributed by atoms with E-state index in [4.69, 9.17) is 21.1 Å². The summed E-state index contributed by atoms with van der Waals surface area (Å²) in [5.41, 5.74) is 3.48. The van der Waals surface area contributed by atoms with Crippen molar-refractivity contribution in [3.05, 3.63) is 53.1 Å². The van der Waals surface area contributed by atoms with Gasteiger partial charge in [-0.2, -0.15) is 0 Å². The Labute approximate surface area is 209 Å². The van der Waals surface area contributed by atoms with Crippen LogP contribution in [-0.2, 0) is 9.53 Å². The number of unbranched alkanes of at least 4 members (excludes halogenated alkanes) is 3. The molecule has 34 heavy (non-hydrogen) atoms. The van der Waals surface area contributed by atoms with Gasteiger partial charge < -0.3 is 9.47 Å². The molecule has 0 heterocycles. The zero-order valence-corrected chi connectivity index (χ0v) is 21.3. The Bertz CT molecular complexity index is 891. The molecule has 0 bridgehead atoms. The van der Waals surface area contributed by atoms with E-state index in [0.29, 0.717) is 24.0 Å². The maximum absolute atomic E-state index is 13.9. The fraction of sp³-hybridized carbons (Fsp3) is 0.552. The number of benzene rings is 2. The molecule has 0 aliphatic heterocycles. The van der Waals surface area contributed by atoms with Crippen molar-refractivity contribution in [2.45, 2.75) is 96.2 Å². The monoisotopic (exact) mass is 488 g/mol. The topological polar surface area (TPSA) is 35.5 Å². The third-order valence-electron chi connectivity index (χ3n) is 6.68. The van der Waals surface area contributed by atoms with E-state index in [0.717, 1.165) is 61.8 Å². The Hall–Kier alpha value is -2.07. The molecule has 1 aliphatic carbocycles. The lowest BCUT2D eigenvalue weighted by atomic mass is 9.82. The number of ether oxygens (including phenoxy) is 2. The summed E-state index contributed by atoms with van der Waals surface area (Å²) in [5, 5.41) is 0.635. The molecular weight excluding hydrogens is 451 g/mol. The Morgan fingerprint density at radius 3 is 2.29 bits per heavy atom. The van der Waals surface area contributed by atoms with Crippen molar-refractivity contribution in [1.29, 1.82) is 0 Å². The molecule has 1 aliphatic rings. The van der Waals surface area contributed by atoms with Crippen molar-refractivity contribution < 1.29 is 18.7 Å². The minimum Gasteiger partial charge on any atom is -0.492 e. The van der Waals surface area contributed by atoms with Gasteiger partial charge >= 0.3 is 5.97 Å². The van der Waals surface area contributed by atoms with Crippen molar-refractivity contribution in [2.75, 3.05) is 6.61 Å². The smallest absolute Gasteiger partial charge is 0.340 e. The van der Waals surface area contributed by atoms with Crippen LogP contribution in [-0.4, -0.2) is 24.9 Å². The van der Waals surface area contributed by atoms with Crippen LogP contribution >= 0.6 is 11.6 Å². The fourth-order valence-electron chi connectivity index (χ4n) is 4.53. The second kappa shape index (κ2) is 13.7. The maximum atomic E-state index is 13.9. The zero-order valence-electron chi connectivity index (χ0n) is 20.5. The van der Waals surface area contributed by atoms with Gasteiger partial charge in [0.1, 0.15) is 11.9 Å². The van der Waals surface area contributed by atoms with E-state index in [1.807, 2.05) is 25.1 Å². The molecule has 0 unspecified atom stereocenters. The Kier molecular flexibility index (Phi) is 10.7. The molecule has 0 radical (unpaired) electrons. The number of hydrogen-bond donors (Lipinski definition) is 0. The van der Waals surface area contributed by atoms with Crippen LogP contribution in [0.25, 0.3) is 11.1 Å². The van der Waals surface area contributed by atoms with Crippen molar-refractivity contribution in [1.82, 2.24) is 0 Å². The van der Waals surface area contributed by atoms with E-state index in [9.17, 15) is 9.18 Å². The SMILES string of the molecule is CCCCCOc1ccc(-c2ccc([C@H]3CC[C@H](OC(=O)[C@@H](F)CCCC)CC3)cc2)cc1Cl. The Balaban J connectivity index is 1.50. The van der Waals surface area contributed by atoms with E-state index in [-0.39, 0.29) is 12.5 Å². The van der Waals surface area contributed by atoms with Crippen LogP contribution in [0.3, 0.4) is 0 Å². The molecule has 3 rings (SSSR count). The number of rotatable bonds is 12. The highest BCUT2D eigenvalue weighted by Crippen LogP contribution is 2.36. The summed E-state index contributed by atoms with van der Waals surface area (Å²) in [6.45, 7) is 4.85. The Morgan fingerprint density at radius 2 is 1.65 bits per heavy atom. The van der Waals surface area contributed by atoms with Crippen LogP contribution < -0.4 is 4.74 Å². The number of esters is 1. The van der Waals surface area contributed by atoms with Gasteiger partial charge in [-0.1, -0.05) is 81.5 Å². The van der Waals surface area contributed by atoms with Gasteiger partial charge in [0.15, 0.2) is 6.17 Å². The van der Waals surface area contributed by atoms with E-state index in [1.165, 1.54) is 12.0 Å². The van der Waals surface area contributed by atoms with Gasteiger partial charge in [-0.05, 0) is 73.3 Å². The Morgan fingerprint density at radius 1 is 0.971 bits per heavy atom. The van der Waals surface area contributed by atoms with E-state index < -0.39 is 12.1 Å². The van der Waals surface area contributed by atoms with Gasteiger partial charge in [0, 0.05) is 0 Å². The summed E-state index contributed by atoms with van der Waals surface area (Å²) in [6.07, 6.45) is 7.03. The van der Waals surface area contributed by atoms with Crippen LogP contribution in [0.2, 0.25) is 5.02 Å². The highest BCUT2D eigenvalue weighted by molar-refractivity contribution is 6.32. The van der Waals surface area contributed by atoms with Crippen molar-refractivity contribution in [2.24, 2.45) is 0 Å². The minimum absolute atomic E-state index is 0.159. The predicted octanol–water partition coefficient (Wildman–Crippen LogP) is 8.67. The number of halogens is 2. The van der Waals surface area contributed by atoms with Crippen LogP contribution in [0.1, 0.15) is 89.5 Å². The van der Waals surface area contributed by atoms with Gasteiger partial charge in [0.05, 0.1) is 11.6 Å². The molecule has 2 aromatic rings.